The molecule has 0 saturated carbocycles. The highest BCUT2D eigenvalue weighted by Gasteiger charge is 2.48. The topological polar surface area (TPSA) is 35.0 Å². The van der Waals surface area contributed by atoms with Crippen LogP contribution in [0, 0.1) is 16.7 Å². The fraction of sp³-hybridized carbons (Fsp3) is 0.478. The molecule has 3 nitrogen and oxygen atoms in total. The summed E-state index contributed by atoms with van der Waals surface area (Å²) in [6.45, 7) is 17.6. The maximum Gasteiger partial charge on any atom is 0.258 e. The Morgan fingerprint density at radius 1 is 0.875 bits per heavy atom. The van der Waals surface area contributed by atoms with Crippen LogP contribution in [0.25, 0.3) is 21.3 Å². The summed E-state index contributed by atoms with van der Waals surface area (Å²) >= 11 is 24.4. The molecule has 0 aliphatic carbocycles. The Morgan fingerprint density at radius 3 is 1.84 bits per heavy atom. The van der Waals surface area contributed by atoms with E-state index in [1.54, 1.807) is 11.3 Å². The molecule has 1 aromatic carbocycles. The predicted octanol–water partition coefficient (Wildman–Crippen LogP) is 10.1. The van der Waals surface area contributed by atoms with Gasteiger partial charge in [-0.1, -0.05) is 76.3 Å². The fourth-order valence-electron chi connectivity index (χ4n) is 5.03. The normalized spacial score (nSPS) is 12.6. The first kappa shape index (κ1) is 26.5. The van der Waals surface area contributed by atoms with Crippen molar-refractivity contribution < 1.29 is 4.43 Å². The van der Waals surface area contributed by atoms with Gasteiger partial charge in [-0.2, -0.15) is 0 Å². The maximum atomic E-state index is 7.01. The zero-order valence-corrected chi connectivity index (χ0v) is 25.8. The van der Waals surface area contributed by atoms with Gasteiger partial charge in [-0.25, -0.2) is 9.97 Å². The fourth-order valence-corrected chi connectivity index (χ4v) is 13.2. The second-order valence-electron chi connectivity index (χ2n) is 9.10. The molecule has 0 fully saturated rings. The van der Waals surface area contributed by atoms with Crippen molar-refractivity contribution in [1.82, 2.24) is 9.97 Å². The van der Waals surface area contributed by atoms with Crippen molar-refractivity contribution in [1.29, 1.82) is 0 Å². The van der Waals surface area contributed by atoms with Crippen LogP contribution in [0.5, 0.6) is 5.75 Å². The third-order valence-electron chi connectivity index (χ3n) is 6.44. The van der Waals surface area contributed by atoms with Crippen LogP contribution in [0.2, 0.25) is 31.8 Å². The highest BCUT2D eigenvalue weighted by Crippen LogP contribution is 2.52. The first-order chi connectivity index (χ1) is 14.9. The van der Waals surface area contributed by atoms with Crippen LogP contribution >= 0.6 is 68.7 Å². The van der Waals surface area contributed by atoms with Crippen LogP contribution < -0.4 is 4.43 Å². The molecule has 0 amide bonds. The van der Waals surface area contributed by atoms with E-state index in [0.29, 0.717) is 37.6 Å². The Balaban J connectivity index is 2.31. The molecular formula is C23H28Cl3IN2OSSi. The van der Waals surface area contributed by atoms with Gasteiger partial charge in [-0.05, 0) is 69.8 Å². The van der Waals surface area contributed by atoms with Crippen LogP contribution in [-0.4, -0.2) is 18.3 Å². The maximum absolute atomic E-state index is 7.01. The van der Waals surface area contributed by atoms with Gasteiger partial charge in [0, 0.05) is 5.56 Å². The molecule has 0 aliphatic rings. The van der Waals surface area contributed by atoms with Crippen LogP contribution in [0.1, 0.15) is 52.7 Å². The van der Waals surface area contributed by atoms with E-state index < -0.39 is 8.32 Å². The summed E-state index contributed by atoms with van der Waals surface area (Å²) in [6.07, 6.45) is 1.49. The molecule has 9 heteroatoms. The van der Waals surface area contributed by atoms with Crippen molar-refractivity contribution >= 4 is 87.3 Å². The second-order valence-corrected chi connectivity index (χ2v) is 18.4. The van der Waals surface area contributed by atoms with Crippen LogP contribution in [0.15, 0.2) is 6.33 Å². The minimum Gasteiger partial charge on any atom is -0.541 e. The number of aromatic nitrogens is 2. The molecule has 2 heterocycles. The minimum absolute atomic E-state index is 0.410. The zero-order valence-electron chi connectivity index (χ0n) is 19.5. The molecule has 174 valence electrons. The Bertz CT molecular complexity index is 1130. The van der Waals surface area contributed by atoms with Gasteiger partial charge in [-0.15, -0.1) is 11.3 Å². The molecular weight excluding hydrogens is 614 g/mol. The standard InChI is InChI=1S/C23H28Cl3IN2OSSi/c1-10(2)32(11(3)4,12(5)6)30-20-18(24)13(7)15(14(8)19(20)25)16-17-21(26)28-9-29-23(17)31-22(16)27/h9-12H,1-8H3. The lowest BCUT2D eigenvalue weighted by molar-refractivity contribution is 0.479. The predicted molar refractivity (Wildman–Crippen MR) is 152 cm³/mol. The van der Waals surface area contributed by atoms with E-state index in [-0.39, 0.29) is 0 Å². The number of nitrogens with zero attached hydrogens (tertiary/aromatic N) is 2. The third kappa shape index (κ3) is 4.22. The molecule has 0 atom stereocenters. The quantitative estimate of drug-likeness (QED) is 0.153. The Labute approximate surface area is 224 Å². The summed E-state index contributed by atoms with van der Waals surface area (Å²) in [6, 6.07) is 0. The van der Waals surface area contributed by atoms with E-state index in [4.69, 9.17) is 39.2 Å². The largest absolute Gasteiger partial charge is 0.541 e. The smallest absolute Gasteiger partial charge is 0.258 e. The number of hydrogen-bond donors (Lipinski definition) is 0. The summed E-state index contributed by atoms with van der Waals surface area (Å²) in [5, 5.41) is 2.40. The van der Waals surface area contributed by atoms with Crippen molar-refractivity contribution in [3.63, 3.8) is 0 Å². The molecule has 0 bridgehead atoms. The van der Waals surface area contributed by atoms with Gasteiger partial charge in [0.05, 0.1) is 18.3 Å². The average Bonchev–Trinajstić information content (AvgIpc) is 3.03. The molecule has 2 aromatic heterocycles. The molecule has 32 heavy (non-hydrogen) atoms. The lowest BCUT2D eigenvalue weighted by atomic mass is 9.95. The van der Waals surface area contributed by atoms with E-state index in [2.05, 4.69) is 74.1 Å². The number of thiophene rings is 1. The highest BCUT2D eigenvalue weighted by molar-refractivity contribution is 14.1. The van der Waals surface area contributed by atoms with E-state index in [9.17, 15) is 0 Å². The Hall–Kier alpha value is -0.123. The van der Waals surface area contributed by atoms with Crippen LogP contribution in [-0.2, 0) is 0 Å². The number of halogens is 4. The van der Waals surface area contributed by atoms with Gasteiger partial charge in [-0.3, -0.25) is 0 Å². The number of hydrogen-bond acceptors (Lipinski definition) is 4. The number of rotatable bonds is 6. The molecule has 0 N–H and O–H groups in total. The molecule has 0 spiro atoms. The highest BCUT2D eigenvalue weighted by atomic mass is 127. The molecule has 3 aromatic rings. The molecule has 0 radical (unpaired) electrons. The summed E-state index contributed by atoms with van der Waals surface area (Å²) in [7, 11) is -2.23. The van der Waals surface area contributed by atoms with Crippen molar-refractivity contribution in [3.8, 4) is 16.9 Å². The SMILES string of the molecule is Cc1c(Cl)c(O[Si](C(C)C)(C(C)C)C(C)C)c(Cl)c(C)c1-c1c(I)sc2ncnc(Cl)c12. The molecule has 3 rings (SSSR count). The van der Waals surface area contributed by atoms with Crippen molar-refractivity contribution in [2.75, 3.05) is 0 Å². The molecule has 0 unspecified atom stereocenters. The van der Waals surface area contributed by atoms with Gasteiger partial charge in [0.2, 0.25) is 0 Å². The Kier molecular flexibility index (Phi) is 8.16. The molecule has 0 saturated heterocycles. The Morgan fingerprint density at radius 2 is 1.38 bits per heavy atom. The first-order valence-corrected chi connectivity index (χ1v) is 15.8. The first-order valence-electron chi connectivity index (χ1n) is 10.6. The van der Waals surface area contributed by atoms with E-state index in [1.807, 2.05) is 13.8 Å². The van der Waals surface area contributed by atoms with Gasteiger partial charge in [0.1, 0.15) is 22.1 Å². The lowest BCUT2D eigenvalue weighted by Gasteiger charge is -2.43. The van der Waals surface area contributed by atoms with Gasteiger partial charge < -0.3 is 4.43 Å². The summed E-state index contributed by atoms with van der Waals surface area (Å²) in [4.78, 5) is 9.47. The van der Waals surface area contributed by atoms with E-state index >= 15 is 0 Å². The van der Waals surface area contributed by atoms with Gasteiger partial charge >= 0.3 is 0 Å². The van der Waals surface area contributed by atoms with Gasteiger partial charge in [0.25, 0.3) is 8.32 Å². The second kappa shape index (κ2) is 9.86. The van der Waals surface area contributed by atoms with Crippen molar-refractivity contribution in [2.24, 2.45) is 0 Å². The zero-order chi connectivity index (χ0) is 24.1. The summed E-state index contributed by atoms with van der Waals surface area (Å²) in [5.41, 5.74) is 5.06. The average molecular weight is 642 g/mol. The van der Waals surface area contributed by atoms with Crippen LogP contribution in [0.4, 0.5) is 0 Å². The number of fused-ring (bicyclic) bond motifs is 1. The van der Waals surface area contributed by atoms with E-state index in [1.165, 1.54) is 6.33 Å². The minimum atomic E-state index is -2.23. The van der Waals surface area contributed by atoms with E-state index in [0.717, 1.165) is 35.4 Å². The third-order valence-corrected chi connectivity index (χ3v) is 15.7. The lowest BCUT2D eigenvalue weighted by Crippen LogP contribution is -2.50. The van der Waals surface area contributed by atoms with Crippen molar-refractivity contribution in [2.45, 2.75) is 72.0 Å². The number of benzene rings is 1. The monoisotopic (exact) mass is 640 g/mol. The molecule has 0 aliphatic heterocycles. The van der Waals surface area contributed by atoms with Gasteiger partial charge in [0.15, 0.2) is 0 Å². The van der Waals surface area contributed by atoms with Crippen LogP contribution in [0.3, 0.4) is 0 Å². The summed E-state index contributed by atoms with van der Waals surface area (Å²) in [5.74, 6) is 0.617. The van der Waals surface area contributed by atoms with Crippen molar-refractivity contribution in [3.05, 3.63) is 35.5 Å². The summed E-state index contributed by atoms with van der Waals surface area (Å²) < 4.78 is 8.02.